The fourth-order valence-electron chi connectivity index (χ4n) is 2.38. The van der Waals surface area contributed by atoms with Crippen LogP contribution in [0.15, 0.2) is 12.1 Å². The van der Waals surface area contributed by atoms with E-state index in [2.05, 4.69) is 38.2 Å². The summed E-state index contributed by atoms with van der Waals surface area (Å²) in [6.07, 6.45) is 3.64. The quantitative estimate of drug-likeness (QED) is 0.712. The lowest BCUT2D eigenvalue weighted by Gasteiger charge is -2.12. The van der Waals surface area contributed by atoms with Crippen molar-refractivity contribution >= 4 is 0 Å². The Labute approximate surface area is 112 Å². The van der Waals surface area contributed by atoms with Gasteiger partial charge in [-0.3, -0.25) is 0 Å². The minimum absolute atomic E-state index is 0.885. The van der Waals surface area contributed by atoms with Gasteiger partial charge in [0.1, 0.15) is 0 Å². The number of hydrogen-bond donors (Lipinski definition) is 1. The lowest BCUT2D eigenvalue weighted by molar-refractivity contribution is 0.192. The monoisotopic (exact) mass is 249 g/mol. The van der Waals surface area contributed by atoms with E-state index in [1.165, 1.54) is 41.5 Å². The van der Waals surface area contributed by atoms with Gasteiger partial charge in [0.15, 0.2) is 0 Å². The first kappa shape index (κ1) is 15.2. The topological polar surface area (TPSA) is 21.3 Å². The highest BCUT2D eigenvalue weighted by atomic mass is 16.5. The van der Waals surface area contributed by atoms with Gasteiger partial charge in [0.25, 0.3) is 0 Å². The molecule has 0 aliphatic carbocycles. The van der Waals surface area contributed by atoms with Gasteiger partial charge in [-0.05, 0) is 63.3 Å². The molecule has 0 saturated heterocycles. The number of nitrogens with one attached hydrogen (secondary N) is 1. The second-order valence-electron chi connectivity index (χ2n) is 5.11. The van der Waals surface area contributed by atoms with E-state index < -0.39 is 0 Å². The number of ether oxygens (including phenoxy) is 1. The molecule has 1 aromatic carbocycles. The molecular formula is C16H27NO. The molecule has 0 radical (unpaired) electrons. The van der Waals surface area contributed by atoms with E-state index >= 15 is 0 Å². The first-order valence-corrected chi connectivity index (χ1v) is 6.91. The zero-order valence-electron chi connectivity index (χ0n) is 12.3. The largest absolute Gasteiger partial charge is 0.385 e. The van der Waals surface area contributed by atoms with Crippen molar-refractivity contribution in [2.75, 3.05) is 20.3 Å². The van der Waals surface area contributed by atoms with Crippen molar-refractivity contribution in [1.82, 2.24) is 5.32 Å². The van der Waals surface area contributed by atoms with Crippen LogP contribution in [0.3, 0.4) is 0 Å². The van der Waals surface area contributed by atoms with Crippen LogP contribution in [0.2, 0.25) is 0 Å². The van der Waals surface area contributed by atoms with Gasteiger partial charge in [-0.2, -0.15) is 0 Å². The third-order valence-corrected chi connectivity index (χ3v) is 3.34. The average Bonchev–Trinajstić information content (AvgIpc) is 2.30. The molecule has 2 nitrogen and oxygen atoms in total. The number of methoxy groups -OCH3 is 1. The number of hydrogen-bond acceptors (Lipinski definition) is 2. The lowest BCUT2D eigenvalue weighted by atomic mass is 10.00. The van der Waals surface area contributed by atoms with E-state index in [-0.39, 0.29) is 0 Å². The van der Waals surface area contributed by atoms with Gasteiger partial charge < -0.3 is 10.1 Å². The fourth-order valence-corrected chi connectivity index (χ4v) is 2.38. The van der Waals surface area contributed by atoms with Crippen LogP contribution in [0.5, 0.6) is 0 Å². The zero-order chi connectivity index (χ0) is 13.4. The molecule has 18 heavy (non-hydrogen) atoms. The third kappa shape index (κ3) is 5.19. The van der Waals surface area contributed by atoms with Crippen LogP contribution in [0.1, 0.15) is 41.5 Å². The summed E-state index contributed by atoms with van der Waals surface area (Å²) in [5.41, 5.74) is 5.62. The third-order valence-electron chi connectivity index (χ3n) is 3.34. The minimum atomic E-state index is 0.885. The Morgan fingerprint density at radius 3 is 2.28 bits per heavy atom. The molecule has 2 heteroatoms. The van der Waals surface area contributed by atoms with E-state index in [1.807, 2.05) is 0 Å². The fraction of sp³-hybridized carbons (Fsp3) is 0.625. The standard InChI is InChI=1S/C16H27NO/c1-13-10-14(2)16(15(3)11-13)12-17-8-6-5-7-9-18-4/h10-11,17H,5-9,12H2,1-4H3. The van der Waals surface area contributed by atoms with Gasteiger partial charge in [0.05, 0.1) is 0 Å². The Kier molecular flexibility index (Phi) is 6.99. The van der Waals surface area contributed by atoms with Gasteiger partial charge in [-0.1, -0.05) is 17.7 Å². The molecule has 0 saturated carbocycles. The summed E-state index contributed by atoms with van der Waals surface area (Å²) in [4.78, 5) is 0. The molecule has 0 aromatic heterocycles. The molecule has 0 atom stereocenters. The van der Waals surface area contributed by atoms with E-state index in [4.69, 9.17) is 4.74 Å². The molecule has 0 bridgehead atoms. The number of aryl methyl sites for hydroxylation is 3. The first-order valence-electron chi connectivity index (χ1n) is 6.91. The molecule has 102 valence electrons. The van der Waals surface area contributed by atoms with Crippen molar-refractivity contribution in [2.45, 2.75) is 46.6 Å². The summed E-state index contributed by atoms with van der Waals surface area (Å²) in [5, 5.41) is 3.54. The summed E-state index contributed by atoms with van der Waals surface area (Å²) in [6.45, 7) is 9.53. The molecule has 0 spiro atoms. The van der Waals surface area contributed by atoms with Crippen molar-refractivity contribution in [3.63, 3.8) is 0 Å². The minimum Gasteiger partial charge on any atom is -0.385 e. The SMILES string of the molecule is COCCCCCNCc1c(C)cc(C)cc1C. The van der Waals surface area contributed by atoms with Crippen LogP contribution < -0.4 is 5.32 Å². The predicted octanol–water partition coefficient (Wildman–Crippen LogP) is 3.52. The molecule has 0 unspecified atom stereocenters. The van der Waals surface area contributed by atoms with E-state index in [0.717, 1.165) is 19.7 Å². The summed E-state index contributed by atoms with van der Waals surface area (Å²) < 4.78 is 5.04. The second kappa shape index (κ2) is 8.28. The smallest absolute Gasteiger partial charge is 0.0462 e. The van der Waals surface area contributed by atoms with Crippen LogP contribution in [0, 0.1) is 20.8 Å². The van der Waals surface area contributed by atoms with Crippen LogP contribution in [0.4, 0.5) is 0 Å². The number of unbranched alkanes of at least 4 members (excludes halogenated alkanes) is 2. The van der Waals surface area contributed by atoms with Crippen molar-refractivity contribution in [3.05, 3.63) is 34.4 Å². The Hall–Kier alpha value is -0.860. The zero-order valence-corrected chi connectivity index (χ0v) is 12.3. The van der Waals surface area contributed by atoms with Gasteiger partial charge in [0, 0.05) is 20.3 Å². The maximum absolute atomic E-state index is 5.04. The normalized spacial score (nSPS) is 10.9. The highest BCUT2D eigenvalue weighted by Crippen LogP contribution is 2.15. The van der Waals surface area contributed by atoms with Crippen LogP contribution in [-0.4, -0.2) is 20.3 Å². The summed E-state index contributed by atoms with van der Waals surface area (Å²) >= 11 is 0. The molecule has 1 rings (SSSR count). The van der Waals surface area contributed by atoms with Crippen molar-refractivity contribution < 1.29 is 4.74 Å². The molecule has 1 N–H and O–H groups in total. The van der Waals surface area contributed by atoms with Gasteiger partial charge in [0.2, 0.25) is 0 Å². The van der Waals surface area contributed by atoms with Crippen LogP contribution in [0.25, 0.3) is 0 Å². The Balaban J connectivity index is 2.27. The summed E-state index contributed by atoms with van der Waals surface area (Å²) in [7, 11) is 1.77. The maximum Gasteiger partial charge on any atom is 0.0462 e. The van der Waals surface area contributed by atoms with E-state index in [9.17, 15) is 0 Å². The van der Waals surface area contributed by atoms with Crippen LogP contribution >= 0.6 is 0 Å². The second-order valence-corrected chi connectivity index (χ2v) is 5.11. The maximum atomic E-state index is 5.04. The van der Waals surface area contributed by atoms with Crippen molar-refractivity contribution in [3.8, 4) is 0 Å². The predicted molar refractivity (Wildman–Crippen MR) is 78.1 cm³/mol. The Bertz CT molecular complexity index is 337. The average molecular weight is 249 g/mol. The Morgan fingerprint density at radius 1 is 1.00 bits per heavy atom. The lowest BCUT2D eigenvalue weighted by Crippen LogP contribution is -2.16. The first-order chi connectivity index (χ1) is 8.65. The molecule has 0 amide bonds. The molecule has 0 aliphatic rings. The molecular weight excluding hydrogens is 222 g/mol. The van der Waals surface area contributed by atoms with E-state index in [0.29, 0.717) is 0 Å². The summed E-state index contributed by atoms with van der Waals surface area (Å²) in [5.74, 6) is 0. The number of rotatable bonds is 8. The summed E-state index contributed by atoms with van der Waals surface area (Å²) in [6, 6.07) is 4.53. The van der Waals surface area contributed by atoms with Crippen LogP contribution in [-0.2, 0) is 11.3 Å². The number of benzene rings is 1. The highest BCUT2D eigenvalue weighted by molar-refractivity contribution is 5.37. The Morgan fingerprint density at radius 2 is 1.67 bits per heavy atom. The molecule has 0 fully saturated rings. The van der Waals surface area contributed by atoms with Crippen molar-refractivity contribution in [1.29, 1.82) is 0 Å². The van der Waals surface area contributed by atoms with Gasteiger partial charge >= 0.3 is 0 Å². The molecule has 1 aromatic rings. The van der Waals surface area contributed by atoms with Gasteiger partial charge in [-0.25, -0.2) is 0 Å². The van der Waals surface area contributed by atoms with Gasteiger partial charge in [-0.15, -0.1) is 0 Å². The molecule has 0 aliphatic heterocycles. The van der Waals surface area contributed by atoms with E-state index in [1.54, 1.807) is 7.11 Å². The highest BCUT2D eigenvalue weighted by Gasteiger charge is 2.02. The van der Waals surface area contributed by atoms with Crippen molar-refractivity contribution in [2.24, 2.45) is 0 Å². The molecule has 0 heterocycles.